The summed E-state index contributed by atoms with van der Waals surface area (Å²) >= 11 is 1.87. The standard InChI is InChI=1S/C13H26N2OS.ClH/c1-4-13(5-2,17-3)10-15-12(16)11-8-6-7-9-14-11;/h11,14H,4-10H2,1-3H3,(H,15,16);1H. The van der Waals surface area contributed by atoms with Gasteiger partial charge in [-0.2, -0.15) is 11.8 Å². The second kappa shape index (κ2) is 9.05. The number of hydrogen-bond acceptors (Lipinski definition) is 3. The molecule has 1 atom stereocenters. The lowest BCUT2D eigenvalue weighted by Gasteiger charge is -2.31. The lowest BCUT2D eigenvalue weighted by Crippen LogP contribution is -2.50. The molecule has 18 heavy (non-hydrogen) atoms. The predicted octanol–water partition coefficient (Wildman–Crippen LogP) is 2.59. The first-order chi connectivity index (χ1) is 8.17. The van der Waals surface area contributed by atoms with E-state index >= 15 is 0 Å². The zero-order valence-electron chi connectivity index (χ0n) is 11.8. The van der Waals surface area contributed by atoms with E-state index in [-0.39, 0.29) is 29.1 Å². The lowest BCUT2D eigenvalue weighted by molar-refractivity contribution is -0.123. The number of amides is 1. The lowest BCUT2D eigenvalue weighted by atomic mass is 10.0. The molecule has 0 radical (unpaired) electrons. The first-order valence-electron chi connectivity index (χ1n) is 6.73. The van der Waals surface area contributed by atoms with Gasteiger partial charge in [-0.25, -0.2) is 0 Å². The molecular formula is C13H27ClN2OS. The van der Waals surface area contributed by atoms with Crippen LogP contribution in [0.5, 0.6) is 0 Å². The van der Waals surface area contributed by atoms with Crippen LogP contribution in [0.3, 0.4) is 0 Å². The van der Waals surface area contributed by atoms with E-state index in [1.165, 1.54) is 12.8 Å². The first-order valence-corrected chi connectivity index (χ1v) is 7.96. The van der Waals surface area contributed by atoms with Crippen LogP contribution in [0.15, 0.2) is 0 Å². The third kappa shape index (κ3) is 4.98. The summed E-state index contributed by atoms with van der Waals surface area (Å²) in [5, 5.41) is 6.41. The molecular weight excluding hydrogens is 268 g/mol. The first kappa shape index (κ1) is 18.1. The minimum atomic E-state index is 0. The molecule has 1 aliphatic rings. The number of halogens is 1. The van der Waals surface area contributed by atoms with Crippen molar-refractivity contribution in [3.63, 3.8) is 0 Å². The molecule has 3 nitrogen and oxygen atoms in total. The van der Waals surface area contributed by atoms with E-state index in [0.717, 1.165) is 32.4 Å². The second-order valence-corrected chi connectivity index (χ2v) is 6.09. The van der Waals surface area contributed by atoms with Crippen molar-refractivity contribution in [2.24, 2.45) is 0 Å². The van der Waals surface area contributed by atoms with E-state index in [1.807, 2.05) is 11.8 Å². The highest BCUT2D eigenvalue weighted by Crippen LogP contribution is 2.29. The summed E-state index contributed by atoms with van der Waals surface area (Å²) in [7, 11) is 0. The van der Waals surface area contributed by atoms with Gasteiger partial charge in [0.05, 0.1) is 6.04 Å². The van der Waals surface area contributed by atoms with Gasteiger partial charge < -0.3 is 10.6 Å². The third-order valence-corrected chi connectivity index (χ3v) is 5.52. The number of carbonyl (C=O) groups is 1. The number of thioether (sulfide) groups is 1. The van der Waals surface area contributed by atoms with Crippen molar-refractivity contribution >= 4 is 30.1 Å². The SMILES string of the molecule is CCC(CC)(CNC(=O)C1CCCCN1)SC.Cl. The molecule has 1 amide bonds. The van der Waals surface area contributed by atoms with Gasteiger partial charge in [-0.15, -0.1) is 12.4 Å². The van der Waals surface area contributed by atoms with Gasteiger partial charge in [0.2, 0.25) is 5.91 Å². The van der Waals surface area contributed by atoms with E-state index < -0.39 is 0 Å². The fourth-order valence-corrected chi connectivity index (χ4v) is 3.10. The Morgan fingerprint density at radius 2 is 2.06 bits per heavy atom. The summed E-state index contributed by atoms with van der Waals surface area (Å²) < 4.78 is 0.213. The van der Waals surface area contributed by atoms with E-state index in [0.29, 0.717) is 0 Å². The predicted molar refractivity (Wildman–Crippen MR) is 82.7 cm³/mol. The summed E-state index contributed by atoms with van der Waals surface area (Å²) in [5.41, 5.74) is 0. The van der Waals surface area contributed by atoms with Gasteiger partial charge in [-0.3, -0.25) is 4.79 Å². The van der Waals surface area contributed by atoms with Gasteiger partial charge in [0.1, 0.15) is 0 Å². The molecule has 0 aromatic carbocycles. The number of nitrogens with one attached hydrogen (secondary N) is 2. The van der Waals surface area contributed by atoms with Crippen LogP contribution in [0.4, 0.5) is 0 Å². The van der Waals surface area contributed by atoms with Crippen molar-refractivity contribution in [3.8, 4) is 0 Å². The number of rotatable bonds is 6. The van der Waals surface area contributed by atoms with Gasteiger partial charge >= 0.3 is 0 Å². The topological polar surface area (TPSA) is 41.1 Å². The van der Waals surface area contributed by atoms with Gasteiger partial charge in [0.25, 0.3) is 0 Å². The van der Waals surface area contributed by atoms with Crippen LogP contribution in [0.2, 0.25) is 0 Å². The average Bonchev–Trinajstić information content (AvgIpc) is 2.41. The van der Waals surface area contributed by atoms with Gasteiger partial charge in [-0.05, 0) is 38.5 Å². The summed E-state index contributed by atoms with van der Waals surface area (Å²) in [5.74, 6) is 0.185. The monoisotopic (exact) mass is 294 g/mol. The van der Waals surface area contributed by atoms with Crippen LogP contribution < -0.4 is 10.6 Å². The summed E-state index contributed by atoms with van der Waals surface area (Å²) in [4.78, 5) is 12.0. The van der Waals surface area contributed by atoms with E-state index in [9.17, 15) is 4.79 Å². The summed E-state index contributed by atoms with van der Waals surface area (Å²) in [6.45, 7) is 6.17. The highest BCUT2D eigenvalue weighted by atomic mass is 35.5. The van der Waals surface area contributed by atoms with Gasteiger partial charge in [0.15, 0.2) is 0 Å². The molecule has 108 valence electrons. The quantitative estimate of drug-likeness (QED) is 0.791. The minimum Gasteiger partial charge on any atom is -0.353 e. The highest BCUT2D eigenvalue weighted by molar-refractivity contribution is 8.00. The van der Waals surface area contributed by atoms with Crippen LogP contribution >= 0.6 is 24.2 Å². The normalized spacial score (nSPS) is 20.1. The van der Waals surface area contributed by atoms with Crippen LogP contribution in [0.25, 0.3) is 0 Å². The van der Waals surface area contributed by atoms with Crippen molar-refractivity contribution in [1.82, 2.24) is 10.6 Å². The zero-order valence-corrected chi connectivity index (χ0v) is 13.4. The Hall–Kier alpha value is 0.0700. The van der Waals surface area contributed by atoms with Crippen molar-refractivity contribution in [2.45, 2.75) is 56.7 Å². The molecule has 1 rings (SSSR count). The molecule has 1 aliphatic heterocycles. The molecule has 2 N–H and O–H groups in total. The van der Waals surface area contributed by atoms with E-state index in [2.05, 4.69) is 30.7 Å². The Kier molecular flexibility index (Phi) is 9.09. The maximum atomic E-state index is 12.0. The minimum absolute atomic E-state index is 0. The number of piperidine rings is 1. The fraction of sp³-hybridized carbons (Fsp3) is 0.923. The number of carbonyl (C=O) groups excluding carboxylic acids is 1. The van der Waals surface area contributed by atoms with Gasteiger partial charge in [0, 0.05) is 11.3 Å². The average molecular weight is 295 g/mol. The Morgan fingerprint density at radius 1 is 1.39 bits per heavy atom. The molecule has 1 fully saturated rings. The summed E-state index contributed by atoms with van der Waals surface area (Å²) in [6.07, 6.45) is 7.68. The molecule has 0 saturated carbocycles. The Balaban J connectivity index is 0.00000289. The van der Waals surface area contributed by atoms with Crippen molar-refractivity contribution in [1.29, 1.82) is 0 Å². The summed E-state index contributed by atoms with van der Waals surface area (Å²) in [6, 6.07) is 0.0389. The van der Waals surface area contributed by atoms with Crippen LogP contribution in [0, 0.1) is 0 Å². The van der Waals surface area contributed by atoms with Crippen LogP contribution in [-0.4, -0.2) is 36.0 Å². The number of hydrogen-bond donors (Lipinski definition) is 2. The van der Waals surface area contributed by atoms with E-state index in [4.69, 9.17) is 0 Å². The van der Waals surface area contributed by atoms with E-state index in [1.54, 1.807) is 0 Å². The molecule has 1 unspecified atom stereocenters. The Morgan fingerprint density at radius 3 is 2.50 bits per heavy atom. The third-order valence-electron chi connectivity index (χ3n) is 3.93. The molecule has 0 bridgehead atoms. The van der Waals surface area contributed by atoms with Crippen LogP contribution in [-0.2, 0) is 4.79 Å². The second-order valence-electron chi connectivity index (χ2n) is 4.81. The molecule has 0 aromatic heterocycles. The maximum Gasteiger partial charge on any atom is 0.237 e. The highest BCUT2D eigenvalue weighted by Gasteiger charge is 2.27. The Labute approximate surface area is 122 Å². The zero-order chi connectivity index (χ0) is 12.7. The molecule has 0 spiro atoms. The van der Waals surface area contributed by atoms with Crippen LogP contribution in [0.1, 0.15) is 46.0 Å². The molecule has 1 heterocycles. The molecule has 0 aromatic rings. The largest absolute Gasteiger partial charge is 0.353 e. The van der Waals surface area contributed by atoms with Crippen molar-refractivity contribution < 1.29 is 4.79 Å². The molecule has 5 heteroatoms. The fourth-order valence-electron chi connectivity index (χ4n) is 2.31. The smallest absolute Gasteiger partial charge is 0.237 e. The van der Waals surface area contributed by atoms with Crippen molar-refractivity contribution in [2.75, 3.05) is 19.3 Å². The van der Waals surface area contributed by atoms with Gasteiger partial charge in [-0.1, -0.05) is 20.3 Å². The molecule has 0 aliphatic carbocycles. The molecule has 1 saturated heterocycles. The maximum absolute atomic E-state index is 12.0. The van der Waals surface area contributed by atoms with Crippen molar-refractivity contribution in [3.05, 3.63) is 0 Å². The Bertz CT molecular complexity index is 233.